The van der Waals surface area contributed by atoms with Crippen molar-refractivity contribution < 1.29 is 23.1 Å². The molecule has 0 heterocycles. The molecule has 2 aromatic rings. The highest BCUT2D eigenvalue weighted by Gasteiger charge is 2.19. The Morgan fingerprint density at radius 3 is 2.20 bits per heavy atom. The number of methoxy groups -OCH3 is 1. The quantitative estimate of drug-likeness (QED) is 0.800. The average molecular weight is 348 g/mol. The van der Waals surface area contributed by atoms with Gasteiger partial charge in [0.2, 0.25) is 11.8 Å². The third-order valence-corrected chi connectivity index (χ3v) is 3.56. The minimum Gasteiger partial charge on any atom is -0.497 e. The number of primary amides is 1. The van der Waals surface area contributed by atoms with Crippen molar-refractivity contribution >= 4 is 11.8 Å². The maximum Gasteiger partial charge on any atom is 0.240 e. The normalized spacial score (nSPS) is 11.6. The fourth-order valence-electron chi connectivity index (χ4n) is 2.36. The lowest BCUT2D eigenvalue weighted by Crippen LogP contribution is -2.46. The topological polar surface area (TPSA) is 81.4 Å². The smallest absolute Gasteiger partial charge is 0.240 e. The highest BCUT2D eigenvalue weighted by atomic mass is 19.1. The molecular formula is C18H18F2N2O3. The molecule has 7 heteroatoms. The number of hydrogen-bond donors (Lipinski definition) is 2. The van der Waals surface area contributed by atoms with Crippen LogP contribution in [-0.2, 0) is 22.4 Å². The van der Waals surface area contributed by atoms with Crippen LogP contribution >= 0.6 is 0 Å². The first-order valence-electron chi connectivity index (χ1n) is 7.54. The molecule has 0 spiro atoms. The minimum absolute atomic E-state index is 0.169. The number of nitrogens with two attached hydrogens (primary N) is 1. The average Bonchev–Trinajstić information content (AvgIpc) is 2.53. The van der Waals surface area contributed by atoms with Crippen LogP contribution in [0.3, 0.4) is 0 Å². The summed E-state index contributed by atoms with van der Waals surface area (Å²) in [6.07, 6.45) is -0.0658. The van der Waals surface area contributed by atoms with Crippen LogP contribution < -0.4 is 15.8 Å². The molecule has 2 rings (SSSR count). The van der Waals surface area contributed by atoms with Gasteiger partial charge in [-0.2, -0.15) is 0 Å². The van der Waals surface area contributed by atoms with E-state index < -0.39 is 29.5 Å². The predicted molar refractivity (Wildman–Crippen MR) is 87.9 cm³/mol. The number of benzene rings is 2. The second kappa shape index (κ2) is 8.23. The van der Waals surface area contributed by atoms with Gasteiger partial charge in [-0.05, 0) is 35.4 Å². The van der Waals surface area contributed by atoms with E-state index in [1.54, 1.807) is 24.3 Å². The van der Waals surface area contributed by atoms with E-state index in [1.807, 2.05) is 0 Å². The molecule has 0 saturated heterocycles. The third-order valence-electron chi connectivity index (χ3n) is 3.56. The van der Waals surface area contributed by atoms with Gasteiger partial charge in [-0.25, -0.2) is 8.78 Å². The van der Waals surface area contributed by atoms with E-state index in [1.165, 1.54) is 7.11 Å². The van der Waals surface area contributed by atoms with Crippen molar-refractivity contribution in [3.63, 3.8) is 0 Å². The van der Waals surface area contributed by atoms with E-state index in [2.05, 4.69) is 5.32 Å². The van der Waals surface area contributed by atoms with Gasteiger partial charge in [0.15, 0.2) is 0 Å². The van der Waals surface area contributed by atoms with Crippen molar-refractivity contribution in [3.8, 4) is 5.75 Å². The Balaban J connectivity index is 2.02. The Bertz CT molecular complexity index is 743. The van der Waals surface area contributed by atoms with E-state index >= 15 is 0 Å². The van der Waals surface area contributed by atoms with E-state index in [-0.39, 0.29) is 18.4 Å². The molecular weight excluding hydrogens is 330 g/mol. The number of carbonyl (C=O) groups excluding carboxylic acids is 2. The Morgan fingerprint density at radius 1 is 1.08 bits per heavy atom. The van der Waals surface area contributed by atoms with Gasteiger partial charge >= 0.3 is 0 Å². The van der Waals surface area contributed by atoms with E-state index in [0.29, 0.717) is 5.75 Å². The summed E-state index contributed by atoms with van der Waals surface area (Å²) in [5, 5.41) is 2.49. The fourth-order valence-corrected chi connectivity index (χ4v) is 2.36. The lowest BCUT2D eigenvalue weighted by molar-refractivity contribution is -0.127. The summed E-state index contributed by atoms with van der Waals surface area (Å²) in [6, 6.07) is 8.87. The first kappa shape index (κ1) is 18.4. The Hall–Kier alpha value is -2.96. The number of halogens is 2. The van der Waals surface area contributed by atoms with Crippen LogP contribution in [0.25, 0.3) is 0 Å². The van der Waals surface area contributed by atoms with Gasteiger partial charge in [-0.1, -0.05) is 12.1 Å². The number of ether oxygens (including phenoxy) is 1. The first-order chi connectivity index (χ1) is 11.9. The minimum atomic E-state index is -0.931. The van der Waals surface area contributed by atoms with Gasteiger partial charge in [0.05, 0.1) is 13.5 Å². The molecule has 2 amide bonds. The fraction of sp³-hybridized carbons (Fsp3) is 0.222. The van der Waals surface area contributed by atoms with Crippen molar-refractivity contribution in [1.82, 2.24) is 5.32 Å². The van der Waals surface area contributed by atoms with Crippen molar-refractivity contribution in [2.45, 2.75) is 18.9 Å². The summed E-state index contributed by atoms with van der Waals surface area (Å²) in [7, 11) is 1.54. The van der Waals surface area contributed by atoms with Crippen LogP contribution in [-0.4, -0.2) is 25.0 Å². The summed E-state index contributed by atoms with van der Waals surface area (Å²) < 4.78 is 31.4. The molecule has 3 N–H and O–H groups in total. The third kappa shape index (κ3) is 5.56. The van der Waals surface area contributed by atoms with Crippen LogP contribution in [0.15, 0.2) is 42.5 Å². The molecule has 0 aliphatic carbocycles. The highest BCUT2D eigenvalue weighted by molar-refractivity contribution is 5.87. The number of carbonyl (C=O) groups is 2. The molecule has 0 aromatic heterocycles. The molecule has 0 aliphatic heterocycles. The molecule has 0 unspecified atom stereocenters. The Kier molecular flexibility index (Phi) is 6.05. The predicted octanol–water partition coefficient (Wildman–Crippen LogP) is 1.73. The van der Waals surface area contributed by atoms with Gasteiger partial charge in [0, 0.05) is 12.5 Å². The van der Waals surface area contributed by atoms with Crippen LogP contribution in [0.5, 0.6) is 5.75 Å². The number of hydrogen-bond acceptors (Lipinski definition) is 3. The van der Waals surface area contributed by atoms with Gasteiger partial charge in [0.25, 0.3) is 0 Å². The van der Waals surface area contributed by atoms with Crippen molar-refractivity contribution in [1.29, 1.82) is 0 Å². The maximum atomic E-state index is 13.2. The molecule has 25 heavy (non-hydrogen) atoms. The lowest BCUT2D eigenvalue weighted by Gasteiger charge is -2.16. The molecule has 0 radical (unpaired) electrons. The first-order valence-corrected chi connectivity index (χ1v) is 7.54. The molecule has 5 nitrogen and oxygen atoms in total. The van der Waals surface area contributed by atoms with Crippen molar-refractivity contribution in [2.75, 3.05) is 7.11 Å². The molecule has 0 saturated carbocycles. The SMILES string of the molecule is COc1ccc(C[C@@H](NC(=O)Cc2cc(F)cc(F)c2)C(N)=O)cc1. The van der Waals surface area contributed by atoms with Crippen LogP contribution in [0, 0.1) is 11.6 Å². The zero-order valence-electron chi connectivity index (χ0n) is 13.6. The van der Waals surface area contributed by atoms with Crippen molar-refractivity contribution in [3.05, 3.63) is 65.2 Å². The number of amides is 2. The van der Waals surface area contributed by atoms with Gasteiger partial charge < -0.3 is 15.8 Å². The molecule has 0 aliphatic rings. The highest BCUT2D eigenvalue weighted by Crippen LogP contribution is 2.13. The monoisotopic (exact) mass is 348 g/mol. The summed E-state index contributed by atoms with van der Waals surface area (Å²) in [5.74, 6) is -2.13. The van der Waals surface area contributed by atoms with Crippen LogP contribution in [0.1, 0.15) is 11.1 Å². The van der Waals surface area contributed by atoms with Crippen LogP contribution in [0.4, 0.5) is 8.78 Å². The van der Waals surface area contributed by atoms with E-state index in [9.17, 15) is 18.4 Å². The summed E-state index contributed by atoms with van der Waals surface area (Å²) in [4.78, 5) is 23.6. The van der Waals surface area contributed by atoms with Crippen molar-refractivity contribution in [2.24, 2.45) is 5.73 Å². The zero-order chi connectivity index (χ0) is 18.4. The second-order valence-corrected chi connectivity index (χ2v) is 5.53. The standard InChI is InChI=1S/C18H18F2N2O3/c1-25-15-4-2-11(3-5-15)8-16(18(21)24)22-17(23)9-12-6-13(19)10-14(20)7-12/h2-7,10,16H,8-9H2,1H3,(H2,21,24)(H,22,23)/t16-/m1/s1. The van der Waals surface area contributed by atoms with Gasteiger partial charge in [0.1, 0.15) is 23.4 Å². The zero-order valence-corrected chi connectivity index (χ0v) is 13.6. The Morgan fingerprint density at radius 2 is 1.68 bits per heavy atom. The number of rotatable bonds is 7. The second-order valence-electron chi connectivity index (χ2n) is 5.53. The molecule has 2 aromatic carbocycles. The number of nitrogens with one attached hydrogen (secondary N) is 1. The molecule has 0 bridgehead atoms. The Labute approximate surface area is 143 Å². The lowest BCUT2D eigenvalue weighted by atomic mass is 10.0. The summed E-state index contributed by atoms with van der Waals surface area (Å²) >= 11 is 0. The van der Waals surface area contributed by atoms with Crippen LogP contribution in [0.2, 0.25) is 0 Å². The van der Waals surface area contributed by atoms with Gasteiger partial charge in [-0.3, -0.25) is 9.59 Å². The van der Waals surface area contributed by atoms with E-state index in [0.717, 1.165) is 23.8 Å². The molecule has 1 atom stereocenters. The van der Waals surface area contributed by atoms with E-state index in [4.69, 9.17) is 10.5 Å². The molecule has 132 valence electrons. The molecule has 0 fully saturated rings. The summed E-state index contributed by atoms with van der Waals surface area (Å²) in [5.41, 5.74) is 6.28. The maximum absolute atomic E-state index is 13.2. The summed E-state index contributed by atoms with van der Waals surface area (Å²) in [6.45, 7) is 0. The van der Waals surface area contributed by atoms with Gasteiger partial charge in [-0.15, -0.1) is 0 Å². The largest absolute Gasteiger partial charge is 0.497 e.